The van der Waals surface area contributed by atoms with Gasteiger partial charge in [-0.15, -0.1) is 10.2 Å². The van der Waals surface area contributed by atoms with E-state index in [1.165, 1.54) is 0 Å². The molecule has 0 aliphatic heterocycles. The summed E-state index contributed by atoms with van der Waals surface area (Å²) in [5.41, 5.74) is 18.8. The zero-order valence-electron chi connectivity index (χ0n) is 22.9. The van der Waals surface area contributed by atoms with Gasteiger partial charge in [-0.1, -0.05) is 48.5 Å². The van der Waals surface area contributed by atoms with E-state index < -0.39 is 0 Å². The maximum Gasteiger partial charge on any atom is 0.0936 e. The first kappa shape index (κ1) is 26.5. The largest absolute Gasteiger partial charge is 0.398 e. The molecule has 0 aliphatic carbocycles. The Morgan fingerprint density at radius 2 is 0.786 bits per heavy atom. The molecule has 6 rings (SSSR count). The highest BCUT2D eigenvalue weighted by Crippen LogP contribution is 2.33. The van der Waals surface area contributed by atoms with Crippen LogP contribution in [-0.4, -0.2) is 13.1 Å². The molecular formula is C34H30N8. The average molecular weight is 551 g/mol. The first-order valence-corrected chi connectivity index (χ1v) is 13.7. The Labute approximate surface area is 243 Å². The third kappa shape index (κ3) is 6.03. The van der Waals surface area contributed by atoms with Crippen molar-refractivity contribution in [3.8, 4) is 0 Å². The minimum atomic E-state index is 0.734. The van der Waals surface area contributed by atoms with Crippen molar-refractivity contribution in [2.24, 2.45) is 20.5 Å². The Morgan fingerprint density at radius 3 is 1.19 bits per heavy atom. The fourth-order valence-electron chi connectivity index (χ4n) is 4.72. The summed E-state index contributed by atoms with van der Waals surface area (Å²) in [6, 6.07) is 39.2. The van der Waals surface area contributed by atoms with Gasteiger partial charge in [-0.2, -0.15) is 10.2 Å². The third-order valence-corrected chi connectivity index (χ3v) is 6.93. The van der Waals surface area contributed by atoms with Crippen molar-refractivity contribution in [2.75, 3.05) is 35.2 Å². The molecule has 8 heteroatoms. The highest BCUT2D eigenvalue weighted by atomic mass is 15.1. The smallest absolute Gasteiger partial charge is 0.0936 e. The van der Waals surface area contributed by atoms with Crippen LogP contribution in [0.2, 0.25) is 0 Å². The van der Waals surface area contributed by atoms with Crippen LogP contribution in [-0.2, 0) is 0 Å². The Balaban J connectivity index is 0.991. The molecule has 8 nitrogen and oxygen atoms in total. The van der Waals surface area contributed by atoms with E-state index in [2.05, 4.69) is 31.1 Å². The van der Waals surface area contributed by atoms with Gasteiger partial charge >= 0.3 is 0 Å². The monoisotopic (exact) mass is 550 g/mol. The molecule has 0 bridgehead atoms. The molecule has 6 aromatic rings. The van der Waals surface area contributed by atoms with E-state index in [0.717, 1.165) is 80.1 Å². The fraction of sp³-hybridized carbons (Fsp3) is 0.0588. The van der Waals surface area contributed by atoms with Gasteiger partial charge in [0.2, 0.25) is 0 Å². The molecular weight excluding hydrogens is 520 g/mol. The summed E-state index contributed by atoms with van der Waals surface area (Å²) < 4.78 is 0. The van der Waals surface area contributed by atoms with Gasteiger partial charge in [0.05, 0.1) is 22.7 Å². The van der Waals surface area contributed by atoms with E-state index >= 15 is 0 Å². The summed E-state index contributed by atoms with van der Waals surface area (Å²) in [5.74, 6) is 0. The Kier molecular flexibility index (Phi) is 7.67. The predicted molar refractivity (Wildman–Crippen MR) is 175 cm³/mol. The standard InChI is InChI=1S/C34H30N8/c35-31-17-19-33(29-7-3-1-5-27(29)31)41-39-25-13-9-23(10-14-25)37-21-22-38-24-11-15-26(16-12-24)40-42-34-20-18-32(36)28-6-2-4-8-30(28)34/h1-20,37-38H,21-22,35-36H2/b41-39+,42-40+. The van der Waals surface area contributed by atoms with Gasteiger partial charge in [0, 0.05) is 57.4 Å². The van der Waals surface area contributed by atoms with Gasteiger partial charge in [-0.3, -0.25) is 0 Å². The van der Waals surface area contributed by atoms with Crippen molar-refractivity contribution < 1.29 is 0 Å². The van der Waals surface area contributed by atoms with Crippen LogP contribution in [0.4, 0.5) is 45.5 Å². The molecule has 206 valence electrons. The SMILES string of the molecule is Nc1ccc(/N=N/c2ccc(NCCNc3ccc(/N=N/c4ccc(N)c5ccccc45)cc3)cc2)c2ccccc12. The molecule has 0 heterocycles. The van der Waals surface area contributed by atoms with Crippen molar-refractivity contribution in [2.45, 2.75) is 0 Å². The van der Waals surface area contributed by atoms with Gasteiger partial charge < -0.3 is 22.1 Å². The Hall–Kier alpha value is -5.76. The van der Waals surface area contributed by atoms with Crippen LogP contribution in [0.1, 0.15) is 0 Å². The number of anilines is 4. The van der Waals surface area contributed by atoms with Crippen LogP contribution in [0, 0.1) is 0 Å². The van der Waals surface area contributed by atoms with Crippen LogP contribution in [0.25, 0.3) is 21.5 Å². The van der Waals surface area contributed by atoms with Gasteiger partial charge in [0.1, 0.15) is 0 Å². The lowest BCUT2D eigenvalue weighted by Gasteiger charge is -2.09. The maximum absolute atomic E-state index is 6.09. The Bertz CT molecular complexity index is 1750. The lowest BCUT2D eigenvalue weighted by Crippen LogP contribution is -2.13. The molecule has 0 fully saturated rings. The quantitative estimate of drug-likeness (QED) is 0.0812. The second-order valence-corrected chi connectivity index (χ2v) is 9.79. The second-order valence-electron chi connectivity index (χ2n) is 9.79. The van der Waals surface area contributed by atoms with E-state index in [1.807, 2.05) is 121 Å². The number of benzene rings is 6. The molecule has 0 aromatic heterocycles. The molecule has 0 aliphatic rings. The molecule has 6 aromatic carbocycles. The van der Waals surface area contributed by atoms with Crippen molar-refractivity contribution in [3.63, 3.8) is 0 Å². The van der Waals surface area contributed by atoms with Crippen molar-refractivity contribution in [1.82, 2.24) is 0 Å². The van der Waals surface area contributed by atoms with Crippen LogP contribution in [0.5, 0.6) is 0 Å². The van der Waals surface area contributed by atoms with Gasteiger partial charge in [-0.05, 0) is 72.8 Å². The van der Waals surface area contributed by atoms with Gasteiger partial charge in [0.15, 0.2) is 0 Å². The normalized spacial score (nSPS) is 11.5. The van der Waals surface area contributed by atoms with Crippen LogP contribution < -0.4 is 22.1 Å². The number of rotatable bonds is 9. The summed E-state index contributed by atoms with van der Waals surface area (Å²) in [4.78, 5) is 0. The van der Waals surface area contributed by atoms with Gasteiger partial charge in [-0.25, -0.2) is 0 Å². The number of hydrogen-bond donors (Lipinski definition) is 4. The van der Waals surface area contributed by atoms with Crippen LogP contribution in [0.3, 0.4) is 0 Å². The van der Waals surface area contributed by atoms with Crippen molar-refractivity contribution in [3.05, 3.63) is 121 Å². The topological polar surface area (TPSA) is 126 Å². The highest BCUT2D eigenvalue weighted by molar-refractivity contribution is 6.00. The number of nitrogens with zero attached hydrogens (tertiary/aromatic N) is 4. The predicted octanol–water partition coefficient (Wildman–Crippen LogP) is 9.51. The third-order valence-electron chi connectivity index (χ3n) is 6.93. The molecule has 0 saturated heterocycles. The number of azo groups is 2. The molecule has 0 unspecified atom stereocenters. The van der Waals surface area contributed by atoms with Crippen molar-refractivity contribution >= 4 is 67.0 Å². The van der Waals surface area contributed by atoms with E-state index in [-0.39, 0.29) is 0 Å². The molecule has 6 N–H and O–H groups in total. The lowest BCUT2D eigenvalue weighted by atomic mass is 10.1. The molecule has 0 radical (unpaired) electrons. The number of hydrogen-bond acceptors (Lipinski definition) is 8. The maximum atomic E-state index is 6.09. The molecule has 42 heavy (non-hydrogen) atoms. The lowest BCUT2D eigenvalue weighted by molar-refractivity contribution is 1.08. The van der Waals surface area contributed by atoms with Crippen LogP contribution >= 0.6 is 0 Å². The van der Waals surface area contributed by atoms with E-state index in [9.17, 15) is 0 Å². The highest BCUT2D eigenvalue weighted by Gasteiger charge is 2.04. The number of nitrogens with two attached hydrogens (primary N) is 2. The fourth-order valence-corrected chi connectivity index (χ4v) is 4.72. The van der Waals surface area contributed by atoms with Crippen molar-refractivity contribution in [1.29, 1.82) is 0 Å². The summed E-state index contributed by atoms with van der Waals surface area (Å²) in [6.45, 7) is 1.51. The first-order chi connectivity index (χ1) is 20.6. The van der Waals surface area contributed by atoms with Crippen LogP contribution in [0.15, 0.2) is 142 Å². The summed E-state index contributed by atoms with van der Waals surface area (Å²) in [6.07, 6.45) is 0. The minimum Gasteiger partial charge on any atom is -0.398 e. The summed E-state index contributed by atoms with van der Waals surface area (Å²) in [5, 5.41) is 28.5. The number of nitrogens with one attached hydrogen (secondary N) is 2. The van der Waals surface area contributed by atoms with Gasteiger partial charge in [0.25, 0.3) is 0 Å². The number of nitrogen functional groups attached to an aromatic ring is 2. The molecule has 0 saturated carbocycles. The average Bonchev–Trinajstić information content (AvgIpc) is 3.04. The second kappa shape index (κ2) is 12.2. The summed E-state index contributed by atoms with van der Waals surface area (Å²) in [7, 11) is 0. The van der Waals surface area contributed by atoms with E-state index in [0.29, 0.717) is 0 Å². The molecule has 0 spiro atoms. The minimum absolute atomic E-state index is 0.734. The zero-order valence-corrected chi connectivity index (χ0v) is 22.9. The molecule has 0 atom stereocenters. The first-order valence-electron chi connectivity index (χ1n) is 13.7. The Morgan fingerprint density at radius 1 is 0.405 bits per heavy atom. The molecule has 0 amide bonds. The summed E-state index contributed by atoms with van der Waals surface area (Å²) >= 11 is 0. The number of fused-ring (bicyclic) bond motifs is 2. The van der Waals surface area contributed by atoms with E-state index in [1.54, 1.807) is 0 Å². The van der Waals surface area contributed by atoms with E-state index in [4.69, 9.17) is 11.5 Å². The zero-order chi connectivity index (χ0) is 28.7.